The van der Waals surface area contributed by atoms with Crippen LogP contribution in [0.2, 0.25) is 0 Å². The number of aromatic nitrogens is 2. The third-order valence-corrected chi connectivity index (χ3v) is 6.60. The summed E-state index contributed by atoms with van der Waals surface area (Å²) in [7, 11) is 0. The molecule has 34 heavy (non-hydrogen) atoms. The number of hydrogen-bond acceptors (Lipinski definition) is 4. The van der Waals surface area contributed by atoms with Gasteiger partial charge in [0.25, 0.3) is 0 Å². The van der Waals surface area contributed by atoms with Gasteiger partial charge in [-0.15, -0.1) is 0 Å². The van der Waals surface area contributed by atoms with Crippen molar-refractivity contribution in [3.8, 4) is 5.69 Å². The molecule has 0 unspecified atom stereocenters. The van der Waals surface area contributed by atoms with Crippen LogP contribution in [-0.4, -0.2) is 30.6 Å². The van der Waals surface area contributed by atoms with Gasteiger partial charge in [0.1, 0.15) is 5.76 Å². The van der Waals surface area contributed by atoms with Gasteiger partial charge >= 0.3 is 5.97 Å². The molecule has 2 atom stereocenters. The van der Waals surface area contributed by atoms with Crippen molar-refractivity contribution >= 4 is 23.3 Å². The summed E-state index contributed by atoms with van der Waals surface area (Å²) in [6.45, 7) is 4.60. The van der Waals surface area contributed by atoms with Crippen LogP contribution in [0.5, 0.6) is 0 Å². The Hall–Kier alpha value is -3.91. The smallest absolute Gasteiger partial charge is 0.335 e. The summed E-state index contributed by atoms with van der Waals surface area (Å²) >= 11 is 5.76. The first-order chi connectivity index (χ1) is 16.4. The van der Waals surface area contributed by atoms with Crippen LogP contribution in [0.25, 0.3) is 5.69 Å². The van der Waals surface area contributed by atoms with Crippen LogP contribution in [0.3, 0.4) is 0 Å². The first kappa shape index (κ1) is 21.9. The summed E-state index contributed by atoms with van der Waals surface area (Å²) in [4.78, 5) is 18.3. The Morgan fingerprint density at radius 1 is 1.15 bits per heavy atom. The van der Waals surface area contributed by atoms with Crippen LogP contribution in [0.4, 0.5) is 0 Å². The number of rotatable bonds is 6. The van der Waals surface area contributed by atoms with E-state index in [4.69, 9.17) is 16.6 Å². The van der Waals surface area contributed by atoms with E-state index in [1.54, 1.807) is 30.7 Å². The van der Waals surface area contributed by atoms with Gasteiger partial charge in [-0.1, -0.05) is 12.1 Å². The van der Waals surface area contributed by atoms with Gasteiger partial charge in [-0.05, 0) is 80.2 Å². The molecule has 0 bridgehead atoms. The summed E-state index contributed by atoms with van der Waals surface area (Å²) in [5, 5.41) is 13.6. The maximum atomic E-state index is 11.5. The number of carboxylic acid groups (broad SMARTS) is 1. The molecule has 5 rings (SSSR count). The number of nitrogens with one attached hydrogen (secondary N) is 1. The van der Waals surface area contributed by atoms with E-state index in [1.165, 1.54) is 0 Å². The van der Waals surface area contributed by atoms with Crippen LogP contribution in [0.15, 0.2) is 77.5 Å². The zero-order valence-corrected chi connectivity index (χ0v) is 19.6. The molecule has 1 aromatic carbocycles. The molecule has 3 aromatic heterocycles. The molecule has 1 fully saturated rings. The Bertz CT molecular complexity index is 1350. The third kappa shape index (κ3) is 3.86. The number of furan rings is 1. The van der Waals surface area contributed by atoms with Gasteiger partial charge < -0.3 is 24.3 Å². The lowest BCUT2D eigenvalue weighted by molar-refractivity contribution is 0.0697. The largest absolute Gasteiger partial charge is 0.478 e. The summed E-state index contributed by atoms with van der Waals surface area (Å²) in [6.07, 6.45) is 3.45. The highest BCUT2D eigenvalue weighted by Crippen LogP contribution is 2.42. The highest BCUT2D eigenvalue weighted by molar-refractivity contribution is 7.80. The van der Waals surface area contributed by atoms with E-state index in [0.29, 0.717) is 11.7 Å². The fourth-order valence-corrected chi connectivity index (χ4v) is 5.05. The zero-order chi connectivity index (χ0) is 23.8. The van der Waals surface area contributed by atoms with Crippen molar-refractivity contribution in [1.82, 2.24) is 19.8 Å². The molecule has 172 valence electrons. The molecular formula is C26H24N4O3S. The number of carbonyl (C=O) groups is 1. The van der Waals surface area contributed by atoms with E-state index in [1.807, 2.05) is 43.3 Å². The fourth-order valence-electron chi connectivity index (χ4n) is 4.75. The lowest BCUT2D eigenvalue weighted by Gasteiger charge is -2.27. The normalized spacial score (nSPS) is 17.7. The molecule has 0 saturated carbocycles. The molecule has 8 heteroatoms. The van der Waals surface area contributed by atoms with Crippen LogP contribution in [0, 0.1) is 13.8 Å². The SMILES string of the molecule is Cc1cc([C@H]2[C@@H](c3ccccn3)NC(=S)N2Cc2ccco2)c(C)n1-c1cccc(C(=O)O)c1. The standard InChI is InChI=1S/C26H24N4O3S/c1-16-13-21(17(2)30(16)19-8-5-7-18(14-19)25(31)32)24-23(22-10-3-4-11-27-22)28-26(34)29(24)15-20-9-6-12-33-20/h3-14,23-24H,15H2,1-2H3,(H,28,34)(H,31,32)/t23-,24+/m1/s1. The average Bonchev–Trinajstić information content (AvgIpc) is 3.53. The van der Waals surface area contributed by atoms with Crippen molar-refractivity contribution in [2.45, 2.75) is 32.5 Å². The van der Waals surface area contributed by atoms with Crippen LogP contribution in [0.1, 0.15) is 50.8 Å². The summed E-state index contributed by atoms with van der Waals surface area (Å²) in [6, 6.07) is 18.5. The molecule has 2 N–H and O–H groups in total. The van der Waals surface area contributed by atoms with Crippen molar-refractivity contribution in [2.75, 3.05) is 0 Å². The summed E-state index contributed by atoms with van der Waals surface area (Å²) < 4.78 is 7.71. The van der Waals surface area contributed by atoms with Gasteiger partial charge in [-0.3, -0.25) is 4.98 Å². The number of hydrogen-bond donors (Lipinski definition) is 2. The maximum absolute atomic E-state index is 11.5. The molecule has 7 nitrogen and oxygen atoms in total. The second-order valence-electron chi connectivity index (χ2n) is 8.35. The molecule has 4 heterocycles. The van der Waals surface area contributed by atoms with Gasteiger partial charge in [-0.2, -0.15) is 0 Å². The van der Waals surface area contributed by atoms with E-state index >= 15 is 0 Å². The summed E-state index contributed by atoms with van der Waals surface area (Å²) in [5.74, 6) is -0.131. The molecule has 0 amide bonds. The number of thiocarbonyl (C=S) groups is 1. The monoisotopic (exact) mass is 472 g/mol. The van der Waals surface area contributed by atoms with Crippen LogP contribution >= 0.6 is 12.2 Å². The lowest BCUT2D eigenvalue weighted by Crippen LogP contribution is -2.29. The van der Waals surface area contributed by atoms with Crippen molar-refractivity contribution in [2.24, 2.45) is 0 Å². The third-order valence-electron chi connectivity index (χ3n) is 6.24. The number of benzene rings is 1. The number of carboxylic acids is 1. The molecule has 0 aliphatic carbocycles. The van der Waals surface area contributed by atoms with E-state index < -0.39 is 5.97 Å². The molecule has 1 saturated heterocycles. The molecule has 1 aliphatic rings. The van der Waals surface area contributed by atoms with E-state index in [-0.39, 0.29) is 17.6 Å². The predicted octanol–water partition coefficient (Wildman–Crippen LogP) is 4.95. The Kier molecular flexibility index (Phi) is 5.67. The first-order valence-corrected chi connectivity index (χ1v) is 11.4. The second-order valence-corrected chi connectivity index (χ2v) is 8.74. The fraction of sp³-hybridized carbons (Fsp3) is 0.192. The van der Waals surface area contributed by atoms with Crippen LogP contribution in [-0.2, 0) is 6.54 Å². The molecule has 4 aromatic rings. The number of aromatic carboxylic acids is 1. The second kappa shape index (κ2) is 8.79. The molecular weight excluding hydrogens is 448 g/mol. The minimum Gasteiger partial charge on any atom is -0.478 e. The van der Waals surface area contributed by atoms with Crippen molar-refractivity contribution in [3.63, 3.8) is 0 Å². The van der Waals surface area contributed by atoms with Gasteiger partial charge in [0.15, 0.2) is 5.11 Å². The number of pyridine rings is 1. The van der Waals surface area contributed by atoms with Crippen molar-refractivity contribution in [3.05, 3.63) is 107 Å². The average molecular weight is 473 g/mol. The van der Waals surface area contributed by atoms with Gasteiger partial charge in [0.05, 0.1) is 36.1 Å². The Morgan fingerprint density at radius 2 is 2.00 bits per heavy atom. The predicted molar refractivity (Wildman–Crippen MR) is 132 cm³/mol. The Balaban J connectivity index is 1.62. The van der Waals surface area contributed by atoms with Crippen LogP contribution < -0.4 is 5.32 Å². The van der Waals surface area contributed by atoms with E-state index in [9.17, 15) is 9.90 Å². The lowest BCUT2D eigenvalue weighted by atomic mass is 9.96. The number of aryl methyl sites for hydroxylation is 1. The minimum atomic E-state index is -0.949. The summed E-state index contributed by atoms with van der Waals surface area (Å²) in [5.41, 5.74) is 5.07. The maximum Gasteiger partial charge on any atom is 0.335 e. The first-order valence-electron chi connectivity index (χ1n) is 11.0. The van der Waals surface area contributed by atoms with Gasteiger partial charge in [-0.25, -0.2) is 4.79 Å². The molecule has 1 aliphatic heterocycles. The molecule has 0 radical (unpaired) electrons. The molecule has 0 spiro atoms. The van der Waals surface area contributed by atoms with E-state index in [2.05, 4.69) is 32.8 Å². The van der Waals surface area contributed by atoms with Crippen molar-refractivity contribution in [1.29, 1.82) is 0 Å². The van der Waals surface area contributed by atoms with Gasteiger partial charge in [0, 0.05) is 23.3 Å². The quantitative estimate of drug-likeness (QED) is 0.384. The highest BCUT2D eigenvalue weighted by Gasteiger charge is 2.41. The highest BCUT2D eigenvalue weighted by atomic mass is 32.1. The van der Waals surface area contributed by atoms with E-state index in [0.717, 1.165) is 34.1 Å². The Labute approximate surface area is 202 Å². The minimum absolute atomic E-state index is 0.130. The number of nitrogens with zero attached hydrogens (tertiary/aromatic N) is 3. The Morgan fingerprint density at radius 3 is 2.71 bits per heavy atom. The zero-order valence-electron chi connectivity index (χ0n) is 18.8. The van der Waals surface area contributed by atoms with Gasteiger partial charge in [0.2, 0.25) is 0 Å². The van der Waals surface area contributed by atoms with Crippen molar-refractivity contribution < 1.29 is 14.3 Å². The topological polar surface area (TPSA) is 83.5 Å².